The van der Waals surface area contributed by atoms with Crippen LogP contribution in [0.5, 0.6) is 0 Å². The molecule has 1 amide bonds. The van der Waals surface area contributed by atoms with Crippen LogP contribution in [-0.4, -0.2) is 65.4 Å². The minimum absolute atomic E-state index is 0.0813. The Bertz CT molecular complexity index is 1200. The van der Waals surface area contributed by atoms with E-state index in [1.165, 1.54) is 48.5 Å². The molecule has 1 saturated heterocycles. The first-order chi connectivity index (χ1) is 16.0. The topological polar surface area (TPSA) is 207 Å². The van der Waals surface area contributed by atoms with Crippen molar-refractivity contribution in [3.8, 4) is 6.07 Å². The molecule has 180 valence electrons. The Morgan fingerprint density at radius 2 is 1.53 bits per heavy atom. The SMILES string of the molecule is N#Cc1ccc(NC(=O)[C@H]2O[C@@H](NC(=S)Nc3ccc(S(N)(=O)=O)cc3)[C@H](O)[C@@H](O)[C@@H]2O)cc1. The van der Waals surface area contributed by atoms with Gasteiger partial charge >= 0.3 is 0 Å². The van der Waals surface area contributed by atoms with E-state index in [4.69, 9.17) is 27.4 Å². The van der Waals surface area contributed by atoms with E-state index in [2.05, 4.69) is 16.0 Å². The summed E-state index contributed by atoms with van der Waals surface area (Å²) < 4.78 is 28.1. The zero-order chi connectivity index (χ0) is 25.0. The molecule has 8 N–H and O–H groups in total. The summed E-state index contributed by atoms with van der Waals surface area (Å²) in [5.74, 6) is -0.799. The van der Waals surface area contributed by atoms with Gasteiger partial charge in [-0.1, -0.05) is 0 Å². The van der Waals surface area contributed by atoms with Crippen LogP contribution in [0.3, 0.4) is 0 Å². The minimum atomic E-state index is -3.86. The van der Waals surface area contributed by atoms with Gasteiger partial charge in [0.05, 0.1) is 16.5 Å². The molecule has 14 heteroatoms. The smallest absolute Gasteiger partial charge is 0.256 e. The van der Waals surface area contributed by atoms with E-state index in [9.17, 15) is 28.5 Å². The Morgan fingerprint density at radius 1 is 0.971 bits per heavy atom. The molecule has 0 unspecified atom stereocenters. The lowest BCUT2D eigenvalue weighted by Crippen LogP contribution is -2.65. The molecule has 2 aromatic rings. The van der Waals surface area contributed by atoms with Crippen LogP contribution in [0.25, 0.3) is 0 Å². The fraction of sp³-hybridized carbons (Fsp3) is 0.250. The lowest BCUT2D eigenvalue weighted by atomic mass is 9.97. The van der Waals surface area contributed by atoms with Crippen molar-refractivity contribution in [2.45, 2.75) is 35.5 Å². The maximum absolute atomic E-state index is 12.6. The van der Waals surface area contributed by atoms with Crippen molar-refractivity contribution < 1.29 is 33.3 Å². The fourth-order valence-corrected chi connectivity index (χ4v) is 3.83. The molecule has 1 aliphatic rings. The lowest BCUT2D eigenvalue weighted by molar-refractivity contribution is -0.221. The molecule has 0 aromatic heterocycles. The predicted octanol–water partition coefficient (Wildman–Crippen LogP) is -1.06. The second kappa shape index (κ2) is 10.4. The number of anilines is 2. The number of nitriles is 1. The Labute approximate surface area is 200 Å². The number of thiocarbonyl (C=S) groups is 1. The van der Waals surface area contributed by atoms with E-state index >= 15 is 0 Å². The molecule has 0 bridgehead atoms. The van der Waals surface area contributed by atoms with Crippen LogP contribution in [0.4, 0.5) is 11.4 Å². The third-order valence-corrected chi connectivity index (χ3v) is 6.02. The highest BCUT2D eigenvalue weighted by atomic mass is 32.2. The number of nitrogens with zero attached hydrogens (tertiary/aromatic N) is 1. The molecule has 1 heterocycles. The number of nitrogens with one attached hydrogen (secondary N) is 3. The summed E-state index contributed by atoms with van der Waals surface area (Å²) in [5, 5.41) is 52.4. The summed E-state index contributed by atoms with van der Waals surface area (Å²) in [6.07, 6.45) is -8.06. The van der Waals surface area contributed by atoms with Gasteiger partial charge in [-0.3, -0.25) is 4.79 Å². The summed E-state index contributed by atoms with van der Waals surface area (Å²) >= 11 is 5.15. The number of nitrogens with two attached hydrogens (primary N) is 1. The fourth-order valence-electron chi connectivity index (χ4n) is 3.08. The number of rotatable bonds is 5. The number of amides is 1. The van der Waals surface area contributed by atoms with E-state index < -0.39 is 46.6 Å². The monoisotopic (exact) mass is 507 g/mol. The third kappa shape index (κ3) is 6.04. The van der Waals surface area contributed by atoms with Crippen molar-refractivity contribution in [3.63, 3.8) is 0 Å². The number of aliphatic hydroxyl groups is 3. The van der Waals surface area contributed by atoms with Gasteiger partial charge in [0.15, 0.2) is 17.4 Å². The molecular weight excluding hydrogens is 486 g/mol. The molecule has 2 aromatic carbocycles. The molecule has 1 aliphatic heterocycles. The molecule has 0 radical (unpaired) electrons. The number of hydrogen-bond acceptors (Lipinski definition) is 9. The maximum Gasteiger partial charge on any atom is 0.256 e. The number of hydrogen-bond donors (Lipinski definition) is 7. The van der Waals surface area contributed by atoms with E-state index in [1.807, 2.05) is 6.07 Å². The number of aliphatic hydroxyl groups excluding tert-OH is 3. The van der Waals surface area contributed by atoms with Gasteiger partial charge < -0.3 is 36.0 Å². The van der Waals surface area contributed by atoms with Crippen LogP contribution in [-0.2, 0) is 19.6 Å². The highest BCUT2D eigenvalue weighted by Crippen LogP contribution is 2.22. The van der Waals surface area contributed by atoms with Crippen molar-refractivity contribution in [1.29, 1.82) is 5.26 Å². The third-order valence-electron chi connectivity index (χ3n) is 4.87. The van der Waals surface area contributed by atoms with Crippen molar-refractivity contribution >= 4 is 44.6 Å². The van der Waals surface area contributed by atoms with Crippen LogP contribution in [0.1, 0.15) is 5.56 Å². The Morgan fingerprint density at radius 3 is 2.09 bits per heavy atom. The van der Waals surface area contributed by atoms with E-state index in [-0.39, 0.29) is 10.0 Å². The Kier molecular flexibility index (Phi) is 7.79. The molecule has 1 fully saturated rings. The minimum Gasteiger partial charge on any atom is -0.387 e. The van der Waals surface area contributed by atoms with Gasteiger partial charge in [0.25, 0.3) is 5.91 Å². The van der Waals surface area contributed by atoms with Crippen LogP contribution in [0.2, 0.25) is 0 Å². The number of ether oxygens (including phenoxy) is 1. The molecule has 34 heavy (non-hydrogen) atoms. The first-order valence-corrected chi connectivity index (χ1v) is 11.7. The van der Waals surface area contributed by atoms with Gasteiger partial charge in [0, 0.05) is 11.4 Å². The first kappa shape index (κ1) is 25.5. The number of benzene rings is 2. The van der Waals surface area contributed by atoms with Crippen molar-refractivity contribution in [1.82, 2.24) is 5.32 Å². The molecule has 5 atom stereocenters. The van der Waals surface area contributed by atoms with Gasteiger partial charge in [0.2, 0.25) is 10.0 Å². The quantitative estimate of drug-likeness (QED) is 0.243. The Hall–Kier alpha value is -3.16. The van der Waals surface area contributed by atoms with Gasteiger partial charge in [-0.2, -0.15) is 5.26 Å². The highest BCUT2D eigenvalue weighted by Gasteiger charge is 2.47. The molecular formula is C20H21N5O7S2. The van der Waals surface area contributed by atoms with Crippen molar-refractivity contribution in [2.75, 3.05) is 10.6 Å². The zero-order valence-electron chi connectivity index (χ0n) is 17.3. The molecule has 0 saturated carbocycles. The first-order valence-electron chi connectivity index (χ1n) is 9.70. The largest absolute Gasteiger partial charge is 0.387 e. The van der Waals surface area contributed by atoms with E-state index in [1.54, 1.807) is 0 Å². The summed E-state index contributed by atoms with van der Waals surface area (Å²) in [7, 11) is -3.86. The Balaban J connectivity index is 1.65. The summed E-state index contributed by atoms with van der Waals surface area (Å²) in [6, 6.07) is 13.2. The lowest BCUT2D eigenvalue weighted by Gasteiger charge is -2.40. The van der Waals surface area contributed by atoms with E-state index in [0.29, 0.717) is 16.9 Å². The summed E-state index contributed by atoms with van der Waals surface area (Å²) in [4.78, 5) is 12.5. The van der Waals surface area contributed by atoms with Crippen LogP contribution < -0.4 is 21.1 Å². The standard InChI is InChI=1S/C20H21N5O7S2/c21-9-10-1-3-11(4-2-10)23-18(29)17-15(27)14(26)16(28)19(32-17)25-20(33)24-12-5-7-13(8-6-12)34(22,30)31/h1-8,14-17,19,26-28H,(H,23,29)(H2,22,30,31)(H2,24,25,33)/t14-,15-,16+,17-,19+/m0/s1. The molecule has 3 rings (SSSR count). The van der Waals surface area contributed by atoms with Gasteiger partial charge in [0.1, 0.15) is 18.3 Å². The predicted molar refractivity (Wildman–Crippen MR) is 124 cm³/mol. The second-order valence-corrected chi connectivity index (χ2v) is 9.26. The zero-order valence-corrected chi connectivity index (χ0v) is 19.0. The second-order valence-electron chi connectivity index (χ2n) is 7.30. The van der Waals surface area contributed by atoms with Crippen molar-refractivity contribution in [2.24, 2.45) is 5.14 Å². The number of carbonyl (C=O) groups excluding carboxylic acids is 1. The normalized spacial score (nSPS) is 24.5. The van der Waals surface area contributed by atoms with Crippen molar-refractivity contribution in [3.05, 3.63) is 54.1 Å². The maximum atomic E-state index is 12.6. The number of sulfonamides is 1. The van der Waals surface area contributed by atoms with Crippen LogP contribution in [0.15, 0.2) is 53.4 Å². The van der Waals surface area contributed by atoms with Crippen LogP contribution >= 0.6 is 12.2 Å². The molecule has 12 nitrogen and oxygen atoms in total. The van der Waals surface area contributed by atoms with Gasteiger partial charge in [-0.05, 0) is 60.7 Å². The van der Waals surface area contributed by atoms with Gasteiger partial charge in [-0.15, -0.1) is 0 Å². The highest BCUT2D eigenvalue weighted by molar-refractivity contribution is 7.89. The molecule has 0 aliphatic carbocycles. The summed E-state index contributed by atoms with van der Waals surface area (Å²) in [5.41, 5.74) is 1.09. The summed E-state index contributed by atoms with van der Waals surface area (Å²) in [6.45, 7) is 0. The van der Waals surface area contributed by atoms with E-state index in [0.717, 1.165) is 0 Å². The number of carbonyl (C=O) groups is 1. The molecule has 0 spiro atoms. The average molecular weight is 508 g/mol. The van der Waals surface area contributed by atoms with Gasteiger partial charge in [-0.25, -0.2) is 13.6 Å². The average Bonchev–Trinajstić information content (AvgIpc) is 2.79. The van der Waals surface area contributed by atoms with Crippen LogP contribution in [0, 0.1) is 11.3 Å². The number of primary sulfonamides is 1.